The Morgan fingerprint density at radius 3 is 3.00 bits per heavy atom. The number of hydrogen-bond acceptors (Lipinski definition) is 3. The van der Waals surface area contributed by atoms with Gasteiger partial charge in [-0.25, -0.2) is 0 Å². The first-order chi connectivity index (χ1) is 7.25. The number of hydrogen-bond donors (Lipinski definition) is 2. The summed E-state index contributed by atoms with van der Waals surface area (Å²) < 4.78 is 0. The summed E-state index contributed by atoms with van der Waals surface area (Å²) in [6.45, 7) is 1.91. The van der Waals surface area contributed by atoms with Gasteiger partial charge in [0.25, 0.3) is 0 Å². The molecule has 0 bridgehead atoms. The zero-order chi connectivity index (χ0) is 10.7. The Hall–Kier alpha value is -0.830. The van der Waals surface area contributed by atoms with Crippen LogP contribution in [-0.4, -0.2) is 22.7 Å². The smallest absolute Gasteiger partial charge is 0.120 e. The fourth-order valence-corrected chi connectivity index (χ4v) is 2.86. The van der Waals surface area contributed by atoms with Gasteiger partial charge in [0, 0.05) is 23.5 Å². The minimum absolute atomic E-state index is 0.378. The molecule has 3 heteroatoms. The van der Waals surface area contributed by atoms with Crippen molar-refractivity contribution in [3.8, 4) is 5.75 Å². The van der Waals surface area contributed by atoms with Gasteiger partial charge in [0.2, 0.25) is 0 Å². The zero-order valence-corrected chi connectivity index (χ0v) is 9.81. The van der Waals surface area contributed by atoms with Crippen molar-refractivity contribution in [1.82, 2.24) is 0 Å². The minimum atomic E-state index is 0.378. The van der Waals surface area contributed by atoms with Crippen LogP contribution in [0.25, 0.3) is 0 Å². The number of benzene rings is 1. The molecule has 82 valence electrons. The van der Waals surface area contributed by atoms with Crippen molar-refractivity contribution in [3.63, 3.8) is 0 Å². The lowest BCUT2D eigenvalue weighted by molar-refractivity contribution is 0.471. The van der Waals surface area contributed by atoms with E-state index in [0.717, 1.165) is 11.3 Å². The maximum Gasteiger partial charge on any atom is 0.120 e. The van der Waals surface area contributed by atoms with Gasteiger partial charge in [-0.15, -0.1) is 0 Å². The molecule has 1 unspecified atom stereocenters. The standard InChI is InChI=1S/C12H17NOS/c1-9-4-5-10(7-12(9)14)13-11-3-2-6-15-8-11/h4-5,7,11,13-14H,2-3,6,8H2,1H3. The summed E-state index contributed by atoms with van der Waals surface area (Å²) in [4.78, 5) is 0. The van der Waals surface area contributed by atoms with Gasteiger partial charge in [-0.05, 0) is 37.1 Å². The highest BCUT2D eigenvalue weighted by atomic mass is 32.2. The Bertz CT molecular complexity index is 334. The van der Waals surface area contributed by atoms with Crippen molar-refractivity contribution >= 4 is 17.4 Å². The number of phenolic OH excluding ortho intramolecular Hbond substituents is 1. The summed E-state index contributed by atoms with van der Waals surface area (Å²) in [6.07, 6.45) is 2.53. The molecular weight excluding hydrogens is 206 g/mol. The van der Waals surface area contributed by atoms with E-state index in [-0.39, 0.29) is 0 Å². The van der Waals surface area contributed by atoms with Gasteiger partial charge in [-0.2, -0.15) is 11.8 Å². The summed E-state index contributed by atoms with van der Waals surface area (Å²) in [5.74, 6) is 2.84. The summed E-state index contributed by atoms with van der Waals surface area (Å²) in [5, 5.41) is 13.1. The van der Waals surface area contributed by atoms with E-state index in [4.69, 9.17) is 0 Å². The van der Waals surface area contributed by atoms with E-state index in [1.165, 1.54) is 24.3 Å². The topological polar surface area (TPSA) is 32.3 Å². The summed E-state index contributed by atoms with van der Waals surface area (Å²) in [5.41, 5.74) is 1.96. The van der Waals surface area contributed by atoms with Crippen molar-refractivity contribution in [1.29, 1.82) is 0 Å². The van der Waals surface area contributed by atoms with Crippen LogP contribution in [-0.2, 0) is 0 Å². The molecule has 2 nitrogen and oxygen atoms in total. The highest BCUT2D eigenvalue weighted by Gasteiger charge is 2.13. The first kappa shape index (κ1) is 10.7. The largest absolute Gasteiger partial charge is 0.508 e. The van der Waals surface area contributed by atoms with E-state index in [1.807, 2.05) is 36.9 Å². The molecule has 1 fully saturated rings. The predicted octanol–water partition coefficient (Wildman–Crippen LogP) is 3.01. The number of anilines is 1. The van der Waals surface area contributed by atoms with E-state index in [2.05, 4.69) is 5.32 Å². The molecule has 0 aromatic heterocycles. The van der Waals surface area contributed by atoms with Crippen LogP contribution in [0.3, 0.4) is 0 Å². The van der Waals surface area contributed by atoms with Crippen LogP contribution in [0.5, 0.6) is 5.75 Å². The Balaban J connectivity index is 2.00. The summed E-state index contributed by atoms with van der Waals surface area (Å²) in [6, 6.07) is 6.36. The van der Waals surface area contributed by atoms with Gasteiger partial charge in [-0.3, -0.25) is 0 Å². The molecule has 1 aromatic rings. The molecule has 0 amide bonds. The van der Waals surface area contributed by atoms with Crippen LogP contribution in [0.1, 0.15) is 18.4 Å². The number of aromatic hydroxyl groups is 1. The maximum absolute atomic E-state index is 9.58. The summed E-state index contributed by atoms with van der Waals surface area (Å²) >= 11 is 2.00. The molecule has 0 spiro atoms. The Morgan fingerprint density at radius 2 is 2.33 bits per heavy atom. The number of thioether (sulfide) groups is 1. The molecule has 2 N–H and O–H groups in total. The third-order valence-electron chi connectivity index (χ3n) is 2.74. The van der Waals surface area contributed by atoms with Crippen molar-refractivity contribution in [3.05, 3.63) is 23.8 Å². The van der Waals surface area contributed by atoms with Gasteiger partial charge in [0.15, 0.2) is 0 Å². The van der Waals surface area contributed by atoms with Crippen molar-refractivity contribution in [2.24, 2.45) is 0 Å². The van der Waals surface area contributed by atoms with Gasteiger partial charge in [0.05, 0.1) is 0 Å². The van der Waals surface area contributed by atoms with Gasteiger partial charge in [-0.1, -0.05) is 6.07 Å². The van der Waals surface area contributed by atoms with Gasteiger partial charge >= 0.3 is 0 Å². The van der Waals surface area contributed by atoms with Gasteiger partial charge < -0.3 is 10.4 Å². The van der Waals surface area contributed by atoms with Crippen molar-refractivity contribution < 1.29 is 5.11 Å². The van der Waals surface area contributed by atoms with Crippen LogP contribution in [0.2, 0.25) is 0 Å². The normalized spacial score (nSPS) is 21.3. The molecule has 1 aromatic carbocycles. The number of phenols is 1. The van der Waals surface area contributed by atoms with E-state index in [0.29, 0.717) is 11.8 Å². The Morgan fingerprint density at radius 1 is 1.47 bits per heavy atom. The third kappa shape index (κ3) is 2.81. The molecular formula is C12H17NOS. The maximum atomic E-state index is 9.58. The van der Waals surface area contributed by atoms with Gasteiger partial charge in [0.1, 0.15) is 5.75 Å². The predicted molar refractivity (Wildman–Crippen MR) is 66.8 cm³/mol. The molecule has 1 aliphatic rings. The lowest BCUT2D eigenvalue weighted by atomic mass is 10.1. The Kier molecular flexibility index (Phi) is 3.41. The number of nitrogens with one attached hydrogen (secondary N) is 1. The molecule has 15 heavy (non-hydrogen) atoms. The van der Waals surface area contributed by atoms with Crippen LogP contribution >= 0.6 is 11.8 Å². The van der Waals surface area contributed by atoms with Crippen LogP contribution in [0.4, 0.5) is 5.69 Å². The highest BCUT2D eigenvalue weighted by Crippen LogP contribution is 2.24. The van der Waals surface area contributed by atoms with Crippen LogP contribution in [0, 0.1) is 6.92 Å². The quantitative estimate of drug-likeness (QED) is 0.808. The average Bonchev–Trinajstić information content (AvgIpc) is 2.25. The first-order valence-corrected chi connectivity index (χ1v) is 6.55. The zero-order valence-electron chi connectivity index (χ0n) is 8.99. The molecule has 1 atom stereocenters. The SMILES string of the molecule is Cc1ccc(NC2CCCSC2)cc1O. The van der Waals surface area contributed by atoms with Crippen LogP contribution in [0.15, 0.2) is 18.2 Å². The first-order valence-electron chi connectivity index (χ1n) is 5.39. The second-order valence-electron chi connectivity index (χ2n) is 4.06. The Labute approximate surface area is 95.1 Å². The lowest BCUT2D eigenvalue weighted by Crippen LogP contribution is -2.25. The van der Waals surface area contributed by atoms with E-state index in [9.17, 15) is 5.11 Å². The summed E-state index contributed by atoms with van der Waals surface area (Å²) in [7, 11) is 0. The molecule has 1 saturated heterocycles. The molecule has 0 saturated carbocycles. The fraction of sp³-hybridized carbons (Fsp3) is 0.500. The van der Waals surface area contributed by atoms with Crippen molar-refractivity contribution in [2.45, 2.75) is 25.8 Å². The molecule has 0 radical (unpaired) electrons. The molecule has 1 aliphatic heterocycles. The molecule has 1 heterocycles. The fourth-order valence-electron chi connectivity index (χ4n) is 1.79. The number of rotatable bonds is 2. The van der Waals surface area contributed by atoms with Crippen LogP contribution < -0.4 is 5.32 Å². The van der Waals surface area contributed by atoms with E-state index in [1.54, 1.807) is 0 Å². The monoisotopic (exact) mass is 223 g/mol. The molecule has 2 rings (SSSR count). The van der Waals surface area contributed by atoms with E-state index >= 15 is 0 Å². The second-order valence-corrected chi connectivity index (χ2v) is 5.21. The van der Waals surface area contributed by atoms with Crippen molar-refractivity contribution in [2.75, 3.05) is 16.8 Å². The second kappa shape index (κ2) is 4.79. The minimum Gasteiger partial charge on any atom is -0.508 e. The molecule has 0 aliphatic carbocycles. The third-order valence-corrected chi connectivity index (χ3v) is 3.96. The number of aryl methyl sites for hydroxylation is 1. The highest BCUT2D eigenvalue weighted by molar-refractivity contribution is 7.99. The van der Waals surface area contributed by atoms with E-state index < -0.39 is 0 Å². The average molecular weight is 223 g/mol. The lowest BCUT2D eigenvalue weighted by Gasteiger charge is -2.23.